The molecule has 32 heavy (non-hydrogen) atoms. The van der Waals surface area contributed by atoms with Gasteiger partial charge >= 0.3 is 5.97 Å². The molecule has 3 aromatic rings. The average molecular weight is 434 g/mol. The maximum Gasteiger partial charge on any atom is 0.325 e. The van der Waals surface area contributed by atoms with Crippen LogP contribution in [0.15, 0.2) is 54.6 Å². The predicted molar refractivity (Wildman–Crippen MR) is 121 cm³/mol. The Kier molecular flexibility index (Phi) is 7.91. The van der Waals surface area contributed by atoms with E-state index in [1.165, 1.54) is 16.7 Å². The molecule has 0 spiro atoms. The Bertz CT molecular complexity index is 1070. The molecule has 1 heterocycles. The predicted octanol–water partition coefficient (Wildman–Crippen LogP) is 3.63. The molecule has 0 bridgehead atoms. The first-order valence-corrected chi connectivity index (χ1v) is 10.6. The van der Waals surface area contributed by atoms with Gasteiger partial charge in [0, 0.05) is 6.42 Å². The van der Waals surface area contributed by atoms with E-state index in [-0.39, 0.29) is 24.6 Å². The second-order valence-electron chi connectivity index (χ2n) is 7.33. The Morgan fingerprint density at radius 2 is 1.66 bits per heavy atom. The Labute approximate surface area is 187 Å². The van der Waals surface area contributed by atoms with E-state index in [1.807, 2.05) is 18.2 Å². The Morgan fingerprint density at radius 1 is 0.969 bits per heavy atom. The Balaban J connectivity index is 1.59. The van der Waals surface area contributed by atoms with Crippen molar-refractivity contribution in [3.05, 3.63) is 77.4 Å². The lowest BCUT2D eigenvalue weighted by atomic mass is 10.0. The van der Waals surface area contributed by atoms with Gasteiger partial charge in [-0.1, -0.05) is 54.6 Å². The number of amides is 1. The second kappa shape index (κ2) is 11.0. The largest absolute Gasteiger partial charge is 0.504 e. The Morgan fingerprint density at radius 3 is 2.34 bits per heavy atom. The summed E-state index contributed by atoms with van der Waals surface area (Å²) in [6, 6.07) is 18.7. The smallest absolute Gasteiger partial charge is 0.325 e. The molecule has 3 rings (SSSR count). The Hall–Kier alpha value is -3.74. The fourth-order valence-corrected chi connectivity index (χ4v) is 3.29. The van der Waals surface area contributed by atoms with Crippen molar-refractivity contribution in [3.8, 4) is 16.9 Å². The first-order valence-electron chi connectivity index (χ1n) is 10.6. The molecule has 1 amide bonds. The van der Waals surface area contributed by atoms with Gasteiger partial charge in [0.2, 0.25) is 0 Å². The second-order valence-corrected chi connectivity index (χ2v) is 7.33. The van der Waals surface area contributed by atoms with E-state index in [0.29, 0.717) is 17.9 Å². The van der Waals surface area contributed by atoms with Crippen molar-refractivity contribution < 1.29 is 19.4 Å². The highest BCUT2D eigenvalue weighted by Crippen LogP contribution is 2.21. The summed E-state index contributed by atoms with van der Waals surface area (Å²) in [5.74, 6) is -1.00. The minimum absolute atomic E-state index is 0.135. The molecular formula is C25H27N3O4. The van der Waals surface area contributed by atoms with Crippen LogP contribution in [0.2, 0.25) is 0 Å². The molecule has 7 nitrogen and oxygen atoms in total. The SMILES string of the molecule is CCOC(=O)CNC(=O)c1nc(CCCc2ccc(-c3ccccc3)cc2)nc(C)c1O. The number of aromatic nitrogens is 2. The van der Waals surface area contributed by atoms with Crippen molar-refractivity contribution in [3.63, 3.8) is 0 Å². The lowest BCUT2D eigenvalue weighted by Gasteiger charge is -2.10. The van der Waals surface area contributed by atoms with Crippen LogP contribution in [0.5, 0.6) is 5.75 Å². The number of ether oxygens (including phenoxy) is 1. The first kappa shape index (κ1) is 22.9. The number of benzene rings is 2. The van der Waals surface area contributed by atoms with Crippen LogP contribution >= 0.6 is 0 Å². The first-order chi connectivity index (χ1) is 15.5. The van der Waals surface area contributed by atoms with E-state index >= 15 is 0 Å². The standard InChI is InChI=1S/C25H27N3O4/c1-3-32-22(29)16-26-25(31)23-24(30)17(2)27-21(28-23)11-7-8-18-12-14-20(15-13-18)19-9-5-4-6-10-19/h4-6,9-10,12-15,30H,3,7-8,11,16H2,1-2H3,(H,26,31). The van der Waals surface area contributed by atoms with E-state index in [4.69, 9.17) is 4.74 Å². The molecule has 0 aliphatic rings. The van der Waals surface area contributed by atoms with E-state index < -0.39 is 11.9 Å². The summed E-state index contributed by atoms with van der Waals surface area (Å²) in [4.78, 5) is 32.3. The van der Waals surface area contributed by atoms with Crippen molar-refractivity contribution in [1.82, 2.24) is 15.3 Å². The molecule has 0 radical (unpaired) electrons. The van der Waals surface area contributed by atoms with Crippen LogP contribution in [0.25, 0.3) is 11.1 Å². The summed E-state index contributed by atoms with van der Waals surface area (Å²) < 4.78 is 4.78. The number of esters is 1. The van der Waals surface area contributed by atoms with Crippen LogP contribution in [0.3, 0.4) is 0 Å². The van der Waals surface area contributed by atoms with Gasteiger partial charge in [-0.3, -0.25) is 9.59 Å². The minimum Gasteiger partial charge on any atom is -0.504 e. The fourth-order valence-electron chi connectivity index (χ4n) is 3.29. The summed E-state index contributed by atoms with van der Waals surface area (Å²) >= 11 is 0. The summed E-state index contributed by atoms with van der Waals surface area (Å²) in [5, 5.41) is 12.6. The highest BCUT2D eigenvalue weighted by atomic mass is 16.5. The zero-order valence-electron chi connectivity index (χ0n) is 18.3. The molecule has 166 valence electrons. The highest BCUT2D eigenvalue weighted by molar-refractivity contribution is 5.96. The van der Waals surface area contributed by atoms with E-state index in [2.05, 4.69) is 51.7 Å². The van der Waals surface area contributed by atoms with Crippen LogP contribution in [0, 0.1) is 6.92 Å². The lowest BCUT2D eigenvalue weighted by molar-refractivity contribution is -0.141. The number of hydrogen-bond donors (Lipinski definition) is 2. The van der Waals surface area contributed by atoms with Crippen molar-refractivity contribution in [2.24, 2.45) is 0 Å². The number of nitrogens with zero attached hydrogens (tertiary/aromatic N) is 2. The van der Waals surface area contributed by atoms with Crippen LogP contribution in [0.1, 0.15) is 40.9 Å². The third-order valence-corrected chi connectivity index (χ3v) is 4.95. The summed E-state index contributed by atoms with van der Waals surface area (Å²) in [5.41, 5.74) is 3.74. The van der Waals surface area contributed by atoms with E-state index in [0.717, 1.165) is 12.8 Å². The molecule has 0 atom stereocenters. The molecule has 0 saturated heterocycles. The minimum atomic E-state index is -0.640. The lowest BCUT2D eigenvalue weighted by Crippen LogP contribution is -2.31. The average Bonchev–Trinajstić information content (AvgIpc) is 2.81. The van der Waals surface area contributed by atoms with Crippen molar-refractivity contribution in [2.75, 3.05) is 13.2 Å². The van der Waals surface area contributed by atoms with Gasteiger partial charge in [-0.15, -0.1) is 0 Å². The van der Waals surface area contributed by atoms with Gasteiger partial charge < -0.3 is 15.2 Å². The number of rotatable bonds is 9. The van der Waals surface area contributed by atoms with Crippen LogP contribution < -0.4 is 5.32 Å². The quantitative estimate of drug-likeness (QED) is 0.500. The van der Waals surface area contributed by atoms with Crippen molar-refractivity contribution in [2.45, 2.75) is 33.1 Å². The molecule has 0 aliphatic carbocycles. The molecule has 2 aromatic carbocycles. The van der Waals surface area contributed by atoms with E-state index in [9.17, 15) is 14.7 Å². The molecule has 1 aromatic heterocycles. The zero-order valence-corrected chi connectivity index (χ0v) is 18.3. The fraction of sp³-hybridized carbons (Fsp3) is 0.280. The van der Waals surface area contributed by atoms with Gasteiger partial charge in [-0.05, 0) is 43.4 Å². The molecule has 0 fully saturated rings. The molecular weight excluding hydrogens is 406 g/mol. The number of aryl methyl sites for hydroxylation is 3. The monoisotopic (exact) mass is 433 g/mol. The van der Waals surface area contributed by atoms with E-state index in [1.54, 1.807) is 13.8 Å². The van der Waals surface area contributed by atoms with Gasteiger partial charge in [0.05, 0.1) is 12.3 Å². The van der Waals surface area contributed by atoms with Gasteiger partial charge in [0.25, 0.3) is 5.91 Å². The van der Waals surface area contributed by atoms with Gasteiger partial charge in [-0.25, -0.2) is 9.97 Å². The summed E-state index contributed by atoms with van der Waals surface area (Å²) in [6.45, 7) is 3.24. The van der Waals surface area contributed by atoms with Gasteiger partial charge in [0.1, 0.15) is 12.4 Å². The molecule has 0 saturated carbocycles. The van der Waals surface area contributed by atoms with Gasteiger partial charge in [0.15, 0.2) is 11.4 Å². The van der Waals surface area contributed by atoms with Crippen molar-refractivity contribution in [1.29, 1.82) is 0 Å². The van der Waals surface area contributed by atoms with Crippen LogP contribution in [0.4, 0.5) is 0 Å². The topological polar surface area (TPSA) is 101 Å². The normalized spacial score (nSPS) is 10.6. The third-order valence-electron chi connectivity index (χ3n) is 4.95. The van der Waals surface area contributed by atoms with Crippen LogP contribution in [-0.2, 0) is 22.4 Å². The number of aromatic hydroxyl groups is 1. The van der Waals surface area contributed by atoms with Crippen LogP contribution in [-0.4, -0.2) is 40.1 Å². The summed E-state index contributed by atoms with van der Waals surface area (Å²) in [6.07, 6.45) is 2.18. The van der Waals surface area contributed by atoms with Gasteiger partial charge in [-0.2, -0.15) is 0 Å². The molecule has 0 unspecified atom stereocenters. The van der Waals surface area contributed by atoms with Crippen molar-refractivity contribution >= 4 is 11.9 Å². The number of carbonyl (C=O) groups excluding carboxylic acids is 2. The number of carbonyl (C=O) groups is 2. The molecule has 7 heteroatoms. The highest BCUT2D eigenvalue weighted by Gasteiger charge is 2.18. The number of hydrogen-bond acceptors (Lipinski definition) is 6. The summed E-state index contributed by atoms with van der Waals surface area (Å²) in [7, 11) is 0. The maximum atomic E-state index is 12.4. The third kappa shape index (κ3) is 6.14. The zero-order chi connectivity index (χ0) is 22.9. The molecule has 0 aliphatic heterocycles. The number of nitrogens with one attached hydrogen (secondary N) is 1. The molecule has 2 N–H and O–H groups in total. The maximum absolute atomic E-state index is 12.4.